The van der Waals surface area contributed by atoms with E-state index in [1.807, 2.05) is 0 Å². The van der Waals surface area contributed by atoms with Gasteiger partial charge in [-0.3, -0.25) is 0 Å². The number of hydrogen-bond acceptors (Lipinski definition) is 0. The Morgan fingerprint density at radius 1 is 1.60 bits per heavy atom. The van der Waals surface area contributed by atoms with E-state index >= 15 is 0 Å². The van der Waals surface area contributed by atoms with Crippen molar-refractivity contribution in [1.82, 2.24) is 0 Å². The van der Waals surface area contributed by atoms with Crippen LogP contribution >= 0.6 is 0 Å². The first-order valence-corrected chi connectivity index (χ1v) is 0.816. The van der Waals surface area contributed by atoms with Gasteiger partial charge in [0, 0.05) is 76.7 Å². The van der Waals surface area contributed by atoms with Gasteiger partial charge in [-0.05, 0) is 0 Å². The second-order valence-electron chi connectivity index (χ2n) is 0.289. The summed E-state index contributed by atoms with van der Waals surface area (Å²) in [6, 6.07) is 0. The minimum absolute atomic E-state index is 0. The van der Waals surface area contributed by atoms with Crippen molar-refractivity contribution in [2.45, 2.75) is 0 Å². The molecule has 0 rings (SSSR count). The molecule has 36 valence electrons. The Morgan fingerprint density at radius 3 is 1.60 bits per heavy atom. The van der Waals surface area contributed by atoms with Crippen LogP contribution in [0.4, 0.5) is 0 Å². The van der Waals surface area contributed by atoms with Crippen molar-refractivity contribution in [2.75, 3.05) is 0 Å². The van der Waals surface area contributed by atoms with Gasteiger partial charge in [0.25, 0.3) is 0 Å². The summed E-state index contributed by atoms with van der Waals surface area (Å²) in [4.78, 5) is 0. The number of rotatable bonds is 0. The van der Waals surface area contributed by atoms with Gasteiger partial charge in [-0.2, -0.15) is 0 Å². The normalized spacial score (nSPS) is 2.40. The summed E-state index contributed by atoms with van der Waals surface area (Å²) < 4.78 is 0. The SMILES string of the molecule is C=C[CH2+].[HH].[HH].[HH].[HH].[HH].[HH].[Pb].[Pb]. The van der Waals surface area contributed by atoms with Crippen LogP contribution in [0.25, 0.3) is 0 Å². The summed E-state index contributed by atoms with van der Waals surface area (Å²) >= 11 is 0. The number of hydrogen-bond donors (Lipinski definition) is 0. The summed E-state index contributed by atoms with van der Waals surface area (Å²) in [7, 11) is 0. The summed E-state index contributed by atoms with van der Waals surface area (Å²) in [6.45, 7) is 6.50. The molecular weight excluding hydrogens is 450 g/mol. The summed E-state index contributed by atoms with van der Waals surface area (Å²) in [6.07, 6.45) is 1.50. The Kier molecular flexibility index (Phi) is 57.8. The molecule has 0 saturated carbocycles. The number of allylic oxidation sites excluding steroid dienone is 1. The average Bonchev–Trinajstić information content (AvgIpc) is 0.918. The Hall–Kier alpha value is 1.45. The molecule has 0 aromatic rings. The minimum Gasteiger partial charge on any atom is 0 e. The third kappa shape index (κ3) is 30.8. The van der Waals surface area contributed by atoms with E-state index in [0.29, 0.717) is 0 Å². The van der Waals surface area contributed by atoms with Crippen LogP contribution in [0.5, 0.6) is 0 Å². The summed E-state index contributed by atoms with van der Waals surface area (Å²) in [5.41, 5.74) is 0. The van der Waals surface area contributed by atoms with Crippen LogP contribution in [0, 0.1) is 6.92 Å². The quantitative estimate of drug-likeness (QED) is 0.376. The molecule has 0 aliphatic heterocycles. The van der Waals surface area contributed by atoms with Crippen molar-refractivity contribution in [3.8, 4) is 0 Å². The third-order valence-electron chi connectivity index (χ3n) is 0. The van der Waals surface area contributed by atoms with Gasteiger partial charge in [0.15, 0.2) is 0 Å². The van der Waals surface area contributed by atoms with Crippen molar-refractivity contribution < 1.29 is 8.56 Å². The zero-order valence-electron chi connectivity index (χ0n) is 2.99. The van der Waals surface area contributed by atoms with E-state index in [9.17, 15) is 0 Å². The van der Waals surface area contributed by atoms with E-state index in [0.717, 1.165) is 0 Å². The van der Waals surface area contributed by atoms with Gasteiger partial charge >= 0.3 is 0 Å². The van der Waals surface area contributed by atoms with Crippen molar-refractivity contribution in [3.63, 3.8) is 0 Å². The van der Waals surface area contributed by atoms with Crippen molar-refractivity contribution in [2.24, 2.45) is 0 Å². The molecule has 0 bridgehead atoms. The monoisotopic (exact) mass is 469 g/mol. The molecule has 5 heavy (non-hydrogen) atoms. The Bertz CT molecular complexity index is 23.3. The zero-order valence-corrected chi connectivity index (χ0v) is 10.8. The Labute approximate surface area is 82.3 Å². The molecule has 0 aromatic carbocycles. The van der Waals surface area contributed by atoms with Gasteiger partial charge < -0.3 is 0 Å². The van der Waals surface area contributed by atoms with E-state index in [4.69, 9.17) is 0 Å². The second kappa shape index (κ2) is 18.0. The Morgan fingerprint density at radius 2 is 1.60 bits per heavy atom. The molecule has 8 radical (unpaired) electrons. The maximum Gasteiger partial charge on any atom is 0.0835 e. The zero-order chi connectivity index (χ0) is 2.71. The molecule has 0 atom stereocenters. The van der Waals surface area contributed by atoms with Crippen LogP contribution in [-0.2, 0) is 0 Å². The molecule has 0 fully saturated rings. The van der Waals surface area contributed by atoms with Gasteiger partial charge in [0.1, 0.15) is 0 Å². The van der Waals surface area contributed by atoms with Crippen LogP contribution in [-0.4, -0.2) is 54.6 Å². The fraction of sp³-hybridized carbons (Fsp3) is 0. The molecule has 2 heteroatoms. The molecule has 0 aliphatic carbocycles. The van der Waals surface area contributed by atoms with Gasteiger partial charge in [0.2, 0.25) is 0 Å². The second-order valence-corrected chi connectivity index (χ2v) is 0.289. The minimum atomic E-state index is 0. The molecule has 0 amide bonds. The van der Waals surface area contributed by atoms with Gasteiger partial charge in [0.05, 0.1) is 6.08 Å². The van der Waals surface area contributed by atoms with Crippen LogP contribution in [0.1, 0.15) is 8.56 Å². The van der Waals surface area contributed by atoms with Crippen LogP contribution < -0.4 is 0 Å². The molecule has 0 spiro atoms. The first kappa shape index (κ1) is 16.1. The first-order chi connectivity index (χ1) is 1.41. The maximum atomic E-state index is 3.25. The largest absolute Gasteiger partial charge is 0.0835 e. The van der Waals surface area contributed by atoms with Crippen molar-refractivity contribution >= 4 is 54.6 Å². The summed E-state index contributed by atoms with van der Waals surface area (Å²) in [5, 5.41) is 0. The van der Waals surface area contributed by atoms with Crippen LogP contribution in [0.2, 0.25) is 0 Å². The molecular formula is C3H17Pb2+. The van der Waals surface area contributed by atoms with Gasteiger partial charge in [-0.25, -0.2) is 0 Å². The molecule has 0 unspecified atom stereocenters. The molecule has 0 nitrogen and oxygen atoms in total. The van der Waals surface area contributed by atoms with E-state index < -0.39 is 0 Å². The van der Waals surface area contributed by atoms with Crippen LogP contribution in [0.3, 0.4) is 0 Å². The van der Waals surface area contributed by atoms with Crippen LogP contribution in [0.15, 0.2) is 12.7 Å². The topological polar surface area (TPSA) is 0 Å². The Balaban J connectivity index is -0.000000000714. The van der Waals surface area contributed by atoms with E-state index in [1.165, 1.54) is 6.08 Å². The standard InChI is InChI=1S/C3H5.2Pb.6H2/c1-3-2;;;;;;;;/h3H,1-2H2;;;6*1H/q+1;;;;;;;;. The molecule has 0 N–H and O–H groups in total. The van der Waals surface area contributed by atoms with Gasteiger partial charge in [-0.15, -0.1) is 0 Å². The smallest absolute Gasteiger partial charge is 0 e. The fourth-order valence-electron chi connectivity index (χ4n) is 0. The van der Waals surface area contributed by atoms with Crippen molar-refractivity contribution in [1.29, 1.82) is 0 Å². The van der Waals surface area contributed by atoms with Crippen molar-refractivity contribution in [3.05, 3.63) is 19.6 Å². The average molecular weight is 468 g/mol. The molecule has 0 heterocycles. The molecule has 0 aliphatic rings. The predicted molar refractivity (Wildman–Crippen MR) is 39.7 cm³/mol. The van der Waals surface area contributed by atoms with E-state index in [-0.39, 0.29) is 63.2 Å². The summed E-state index contributed by atoms with van der Waals surface area (Å²) in [5.74, 6) is 0. The first-order valence-electron chi connectivity index (χ1n) is 0.816. The van der Waals surface area contributed by atoms with E-state index in [1.54, 1.807) is 0 Å². The predicted octanol–water partition coefficient (Wildman–Crippen LogP) is 1.72. The molecule has 0 aromatic heterocycles. The van der Waals surface area contributed by atoms with E-state index in [2.05, 4.69) is 13.5 Å². The maximum absolute atomic E-state index is 3.25. The van der Waals surface area contributed by atoms with Gasteiger partial charge in [-0.1, -0.05) is 0 Å². The third-order valence-corrected chi connectivity index (χ3v) is 0. The molecule has 0 saturated heterocycles. The fourth-order valence-corrected chi connectivity index (χ4v) is 0.